The van der Waals surface area contributed by atoms with Crippen molar-refractivity contribution in [2.45, 2.75) is 11.4 Å². The lowest BCUT2D eigenvalue weighted by Crippen LogP contribution is -2.31. The van der Waals surface area contributed by atoms with Crippen LogP contribution < -0.4 is 11.1 Å². The Morgan fingerprint density at radius 3 is 2.50 bits per heavy atom. The minimum Gasteiger partial charge on any atom is -0.370 e. The Bertz CT molecular complexity index is 577. The molecule has 0 amide bonds. The maximum absolute atomic E-state index is 11.9. The third-order valence-electron chi connectivity index (χ3n) is 2.56. The largest absolute Gasteiger partial charge is 0.370 e. The first kappa shape index (κ1) is 16.2. The third kappa shape index (κ3) is 4.36. The second-order valence-electron chi connectivity index (χ2n) is 4.30. The fraction of sp³-hybridized carbons (Fsp3) is 0.308. The fourth-order valence-corrected chi connectivity index (χ4v) is 2.29. The van der Waals surface area contributed by atoms with Crippen LogP contribution in [-0.4, -0.2) is 39.3 Å². The van der Waals surface area contributed by atoms with Gasteiger partial charge < -0.3 is 11.1 Å². The van der Waals surface area contributed by atoms with Crippen molar-refractivity contribution in [1.29, 1.82) is 0 Å². The Morgan fingerprint density at radius 2 is 2.00 bits per heavy atom. The minimum absolute atomic E-state index is 0.257. The number of aliphatic imine (C=N–C) groups is 1. The Balaban J connectivity index is 2.75. The molecule has 0 aromatic heterocycles. The number of sulfonamides is 1. The van der Waals surface area contributed by atoms with Crippen LogP contribution in [0.25, 0.3) is 0 Å². The summed E-state index contributed by atoms with van der Waals surface area (Å²) in [6, 6.07) is 6.57. The Morgan fingerprint density at radius 1 is 1.40 bits per heavy atom. The zero-order valence-corrected chi connectivity index (χ0v) is 12.5. The maximum Gasteiger partial charge on any atom is 0.242 e. The maximum atomic E-state index is 11.9. The van der Waals surface area contributed by atoms with Gasteiger partial charge in [0.15, 0.2) is 5.96 Å². The predicted octanol–water partition coefficient (Wildman–Crippen LogP) is 0.527. The summed E-state index contributed by atoms with van der Waals surface area (Å²) < 4.78 is 25.0. The molecule has 0 aliphatic rings. The summed E-state index contributed by atoms with van der Waals surface area (Å²) in [5, 5.41) is 2.86. The molecule has 3 N–H and O–H groups in total. The molecule has 7 heteroatoms. The molecule has 0 radical (unpaired) electrons. The van der Waals surface area contributed by atoms with E-state index in [2.05, 4.69) is 16.9 Å². The summed E-state index contributed by atoms with van der Waals surface area (Å²) >= 11 is 0. The quantitative estimate of drug-likeness (QED) is 0.455. The molecule has 0 bridgehead atoms. The molecule has 0 spiro atoms. The predicted molar refractivity (Wildman–Crippen MR) is 80.8 cm³/mol. The number of nitrogens with zero attached hydrogens (tertiary/aromatic N) is 2. The highest BCUT2D eigenvalue weighted by Crippen LogP contribution is 2.14. The molecule has 0 saturated carbocycles. The van der Waals surface area contributed by atoms with E-state index in [1.807, 2.05) is 0 Å². The molecule has 110 valence electrons. The van der Waals surface area contributed by atoms with Gasteiger partial charge in [-0.15, -0.1) is 6.58 Å². The first-order valence-corrected chi connectivity index (χ1v) is 7.48. The molecule has 0 aliphatic heterocycles. The molecule has 1 aromatic carbocycles. The SMILES string of the molecule is C=CCNC(N)=NCc1ccc(S(=O)(=O)N(C)C)cc1. The lowest BCUT2D eigenvalue weighted by molar-refractivity contribution is 0.520. The monoisotopic (exact) mass is 296 g/mol. The number of nitrogens with one attached hydrogen (secondary N) is 1. The van der Waals surface area contributed by atoms with E-state index < -0.39 is 10.0 Å². The molecule has 0 heterocycles. The van der Waals surface area contributed by atoms with Gasteiger partial charge >= 0.3 is 0 Å². The first-order chi connectivity index (χ1) is 9.37. The van der Waals surface area contributed by atoms with E-state index in [1.54, 1.807) is 30.3 Å². The van der Waals surface area contributed by atoms with Gasteiger partial charge in [-0.1, -0.05) is 18.2 Å². The number of hydrogen-bond acceptors (Lipinski definition) is 3. The van der Waals surface area contributed by atoms with Crippen LogP contribution in [0.5, 0.6) is 0 Å². The molecule has 1 aromatic rings. The van der Waals surface area contributed by atoms with Crippen LogP contribution in [0.4, 0.5) is 0 Å². The highest BCUT2D eigenvalue weighted by molar-refractivity contribution is 7.89. The molecule has 0 aliphatic carbocycles. The molecule has 6 nitrogen and oxygen atoms in total. The van der Waals surface area contributed by atoms with Crippen molar-refractivity contribution in [3.8, 4) is 0 Å². The van der Waals surface area contributed by atoms with Crippen molar-refractivity contribution in [2.24, 2.45) is 10.7 Å². The van der Waals surface area contributed by atoms with Crippen molar-refractivity contribution in [2.75, 3.05) is 20.6 Å². The smallest absolute Gasteiger partial charge is 0.242 e. The van der Waals surface area contributed by atoms with E-state index in [0.717, 1.165) is 5.56 Å². The van der Waals surface area contributed by atoms with Gasteiger partial charge in [-0.05, 0) is 17.7 Å². The zero-order valence-electron chi connectivity index (χ0n) is 11.7. The Hall–Kier alpha value is -1.86. The Labute approximate surface area is 120 Å². The normalized spacial score (nSPS) is 12.4. The van der Waals surface area contributed by atoms with E-state index >= 15 is 0 Å². The summed E-state index contributed by atoms with van der Waals surface area (Å²) in [4.78, 5) is 4.39. The highest BCUT2D eigenvalue weighted by atomic mass is 32.2. The van der Waals surface area contributed by atoms with Gasteiger partial charge in [0.2, 0.25) is 10.0 Å². The van der Waals surface area contributed by atoms with Gasteiger partial charge in [-0.3, -0.25) is 0 Å². The Kier molecular flexibility index (Phi) is 5.72. The average molecular weight is 296 g/mol. The van der Waals surface area contributed by atoms with Crippen LogP contribution in [0, 0.1) is 0 Å². The van der Waals surface area contributed by atoms with Crippen LogP contribution >= 0.6 is 0 Å². The molecule has 20 heavy (non-hydrogen) atoms. The molecule has 1 rings (SSSR count). The average Bonchev–Trinajstić information content (AvgIpc) is 2.43. The van der Waals surface area contributed by atoms with Gasteiger partial charge in [0.25, 0.3) is 0 Å². The van der Waals surface area contributed by atoms with Crippen molar-refractivity contribution in [3.63, 3.8) is 0 Å². The lowest BCUT2D eigenvalue weighted by atomic mass is 10.2. The second-order valence-corrected chi connectivity index (χ2v) is 6.45. The van der Waals surface area contributed by atoms with Crippen LogP contribution in [-0.2, 0) is 16.6 Å². The van der Waals surface area contributed by atoms with Crippen LogP contribution in [0.3, 0.4) is 0 Å². The summed E-state index contributed by atoms with van der Waals surface area (Å²) in [7, 11) is -0.389. The second kappa shape index (κ2) is 7.06. The molecule has 0 atom stereocenters. The van der Waals surface area contributed by atoms with E-state index in [0.29, 0.717) is 19.0 Å². The van der Waals surface area contributed by atoms with E-state index in [-0.39, 0.29) is 4.90 Å². The number of rotatable bonds is 6. The molecule has 0 fully saturated rings. The number of nitrogens with two attached hydrogens (primary N) is 1. The topological polar surface area (TPSA) is 87.8 Å². The summed E-state index contributed by atoms with van der Waals surface area (Å²) in [6.45, 7) is 4.50. The van der Waals surface area contributed by atoms with Gasteiger partial charge in [0.1, 0.15) is 0 Å². The molecule has 0 unspecified atom stereocenters. The van der Waals surface area contributed by atoms with Crippen molar-refractivity contribution >= 4 is 16.0 Å². The number of guanidine groups is 1. The van der Waals surface area contributed by atoms with Crippen LogP contribution in [0.2, 0.25) is 0 Å². The van der Waals surface area contributed by atoms with Crippen molar-refractivity contribution < 1.29 is 8.42 Å². The summed E-state index contributed by atoms with van der Waals surface area (Å²) in [5.74, 6) is 0.329. The minimum atomic E-state index is -3.39. The highest BCUT2D eigenvalue weighted by Gasteiger charge is 2.16. The van der Waals surface area contributed by atoms with Gasteiger partial charge in [0, 0.05) is 20.6 Å². The number of benzene rings is 1. The molecule has 0 saturated heterocycles. The fourth-order valence-electron chi connectivity index (χ4n) is 1.39. The standard InChI is InChI=1S/C13H20N4O2S/c1-4-9-15-13(14)16-10-11-5-7-12(8-6-11)20(18,19)17(2)3/h4-8H,1,9-10H2,2-3H3,(H3,14,15,16). The zero-order chi connectivity index (χ0) is 15.2. The number of hydrogen-bond donors (Lipinski definition) is 2. The van der Waals surface area contributed by atoms with Crippen molar-refractivity contribution in [1.82, 2.24) is 9.62 Å². The molecular formula is C13H20N4O2S. The van der Waals surface area contributed by atoms with Gasteiger partial charge in [-0.25, -0.2) is 17.7 Å². The lowest BCUT2D eigenvalue weighted by Gasteiger charge is -2.11. The van der Waals surface area contributed by atoms with Crippen molar-refractivity contribution in [3.05, 3.63) is 42.5 Å². The van der Waals surface area contributed by atoms with Gasteiger partial charge in [0.05, 0.1) is 11.4 Å². The van der Waals surface area contributed by atoms with Crippen LogP contribution in [0.1, 0.15) is 5.56 Å². The summed E-state index contributed by atoms with van der Waals surface area (Å²) in [6.07, 6.45) is 1.68. The summed E-state index contributed by atoms with van der Waals surface area (Å²) in [5.41, 5.74) is 6.52. The third-order valence-corrected chi connectivity index (χ3v) is 4.39. The van der Waals surface area contributed by atoms with Crippen LogP contribution in [0.15, 0.2) is 46.8 Å². The molecular weight excluding hydrogens is 276 g/mol. The van der Waals surface area contributed by atoms with Gasteiger partial charge in [-0.2, -0.15) is 0 Å². The van der Waals surface area contributed by atoms with E-state index in [1.165, 1.54) is 18.4 Å². The first-order valence-electron chi connectivity index (χ1n) is 6.04. The van der Waals surface area contributed by atoms with E-state index in [9.17, 15) is 8.42 Å². The van der Waals surface area contributed by atoms with E-state index in [4.69, 9.17) is 5.73 Å².